The van der Waals surface area contributed by atoms with Crippen LogP contribution < -0.4 is 4.90 Å². The standard InChI is InChI=1S/C54H37N/c1-3-10-38(11-4-1)40-24-30-48(31-25-40)55(50-34-28-43(29-35-50)52-17-9-15-42-14-7-8-16-51(42)52)49-32-26-41(27-33-49)47-23-21-45-19-18-44-20-22-46(36-53(44)54(45)37-47)39-12-5-2-6-13-39/h1-37H. The maximum absolute atomic E-state index is 2.35. The van der Waals surface area contributed by atoms with Gasteiger partial charge in [-0.25, -0.2) is 0 Å². The second kappa shape index (κ2) is 14.0. The minimum atomic E-state index is 1.10. The molecule has 0 aromatic heterocycles. The largest absolute Gasteiger partial charge is 0.311 e. The van der Waals surface area contributed by atoms with Crippen molar-refractivity contribution in [3.05, 3.63) is 224 Å². The summed E-state index contributed by atoms with van der Waals surface area (Å²) in [6.07, 6.45) is 0. The van der Waals surface area contributed by atoms with Gasteiger partial charge in [-0.1, -0.05) is 176 Å². The number of hydrogen-bond acceptors (Lipinski definition) is 1. The van der Waals surface area contributed by atoms with Crippen molar-refractivity contribution in [2.24, 2.45) is 0 Å². The predicted molar refractivity (Wildman–Crippen MR) is 235 cm³/mol. The van der Waals surface area contributed by atoms with Crippen molar-refractivity contribution in [1.82, 2.24) is 0 Å². The van der Waals surface area contributed by atoms with E-state index in [4.69, 9.17) is 0 Å². The fourth-order valence-corrected chi connectivity index (χ4v) is 7.99. The molecule has 10 aromatic carbocycles. The number of rotatable bonds is 7. The summed E-state index contributed by atoms with van der Waals surface area (Å²) in [6, 6.07) is 81.4. The van der Waals surface area contributed by atoms with Crippen molar-refractivity contribution in [1.29, 1.82) is 0 Å². The molecule has 0 spiro atoms. The molecule has 0 N–H and O–H groups in total. The molecule has 10 rings (SSSR count). The Morgan fingerprint density at radius 2 is 0.582 bits per heavy atom. The molecule has 0 atom stereocenters. The summed E-state index contributed by atoms with van der Waals surface area (Å²) in [5.41, 5.74) is 13.0. The Morgan fingerprint density at radius 3 is 1.13 bits per heavy atom. The van der Waals surface area contributed by atoms with Gasteiger partial charge in [-0.15, -0.1) is 0 Å². The normalized spacial score (nSPS) is 11.3. The van der Waals surface area contributed by atoms with E-state index >= 15 is 0 Å². The lowest BCUT2D eigenvalue weighted by molar-refractivity contribution is 1.28. The van der Waals surface area contributed by atoms with Gasteiger partial charge >= 0.3 is 0 Å². The molecule has 55 heavy (non-hydrogen) atoms. The van der Waals surface area contributed by atoms with Crippen molar-refractivity contribution in [3.8, 4) is 44.5 Å². The Labute approximate surface area is 322 Å². The Kier molecular flexibility index (Phi) is 8.24. The summed E-state index contributed by atoms with van der Waals surface area (Å²) in [4.78, 5) is 2.35. The average molecular weight is 700 g/mol. The minimum Gasteiger partial charge on any atom is -0.311 e. The second-order valence-electron chi connectivity index (χ2n) is 14.2. The minimum absolute atomic E-state index is 1.10. The molecule has 0 radical (unpaired) electrons. The lowest BCUT2D eigenvalue weighted by Crippen LogP contribution is -2.09. The molecule has 258 valence electrons. The van der Waals surface area contributed by atoms with Gasteiger partial charge in [0.2, 0.25) is 0 Å². The van der Waals surface area contributed by atoms with E-state index in [1.807, 2.05) is 0 Å². The van der Waals surface area contributed by atoms with Crippen LogP contribution in [0.2, 0.25) is 0 Å². The number of fused-ring (bicyclic) bond motifs is 4. The van der Waals surface area contributed by atoms with Crippen molar-refractivity contribution in [2.45, 2.75) is 0 Å². The van der Waals surface area contributed by atoms with Crippen LogP contribution in [0.4, 0.5) is 17.1 Å². The highest BCUT2D eigenvalue weighted by Crippen LogP contribution is 2.39. The first kappa shape index (κ1) is 32.4. The van der Waals surface area contributed by atoms with Crippen molar-refractivity contribution in [3.63, 3.8) is 0 Å². The number of nitrogens with zero attached hydrogens (tertiary/aromatic N) is 1. The fourth-order valence-electron chi connectivity index (χ4n) is 7.99. The maximum atomic E-state index is 2.35. The van der Waals surface area contributed by atoms with Crippen LogP contribution in [0.25, 0.3) is 76.8 Å². The van der Waals surface area contributed by atoms with Gasteiger partial charge in [0, 0.05) is 17.1 Å². The summed E-state index contributed by atoms with van der Waals surface area (Å²) in [5.74, 6) is 0. The first-order valence-electron chi connectivity index (χ1n) is 18.9. The lowest BCUT2D eigenvalue weighted by Gasteiger charge is -2.26. The van der Waals surface area contributed by atoms with Gasteiger partial charge < -0.3 is 4.90 Å². The molecule has 0 saturated carbocycles. The summed E-state index contributed by atoms with van der Waals surface area (Å²) >= 11 is 0. The molecule has 0 aliphatic carbocycles. The average Bonchev–Trinajstić information content (AvgIpc) is 3.27. The lowest BCUT2D eigenvalue weighted by atomic mass is 9.94. The highest BCUT2D eigenvalue weighted by molar-refractivity contribution is 6.10. The highest BCUT2D eigenvalue weighted by atomic mass is 15.1. The van der Waals surface area contributed by atoms with Crippen LogP contribution >= 0.6 is 0 Å². The van der Waals surface area contributed by atoms with Gasteiger partial charge in [-0.2, -0.15) is 0 Å². The molecule has 1 heteroatoms. The third kappa shape index (κ3) is 6.22. The molecule has 10 aromatic rings. The SMILES string of the molecule is c1ccc(-c2ccc(N(c3ccc(-c4ccc5ccc6ccc(-c7ccccc7)cc6c5c4)cc3)c3ccc(-c4cccc5ccccc45)cc3)cc2)cc1. The van der Waals surface area contributed by atoms with Gasteiger partial charge in [0.15, 0.2) is 0 Å². The van der Waals surface area contributed by atoms with Gasteiger partial charge in [0.05, 0.1) is 0 Å². The molecule has 0 aliphatic rings. The van der Waals surface area contributed by atoms with Crippen LogP contribution in [0.5, 0.6) is 0 Å². The monoisotopic (exact) mass is 699 g/mol. The van der Waals surface area contributed by atoms with Crippen LogP contribution in [0.15, 0.2) is 224 Å². The quantitative estimate of drug-likeness (QED) is 0.150. The smallest absolute Gasteiger partial charge is 0.0462 e. The van der Waals surface area contributed by atoms with Crippen LogP contribution in [0.1, 0.15) is 0 Å². The maximum Gasteiger partial charge on any atom is 0.0462 e. The molecule has 0 bridgehead atoms. The second-order valence-corrected chi connectivity index (χ2v) is 14.2. The molecular formula is C54H37N. The highest BCUT2D eigenvalue weighted by Gasteiger charge is 2.15. The van der Waals surface area contributed by atoms with Crippen LogP contribution in [0, 0.1) is 0 Å². The van der Waals surface area contributed by atoms with Gasteiger partial charge in [0.25, 0.3) is 0 Å². The van der Waals surface area contributed by atoms with Gasteiger partial charge in [-0.05, 0) is 125 Å². The molecule has 0 fully saturated rings. The van der Waals surface area contributed by atoms with E-state index < -0.39 is 0 Å². The number of benzene rings is 10. The molecule has 0 saturated heterocycles. The summed E-state index contributed by atoms with van der Waals surface area (Å²) in [7, 11) is 0. The summed E-state index contributed by atoms with van der Waals surface area (Å²) in [5, 5.41) is 7.55. The topological polar surface area (TPSA) is 3.24 Å². The van der Waals surface area contributed by atoms with E-state index in [2.05, 4.69) is 229 Å². The Bertz CT molecular complexity index is 2920. The van der Waals surface area contributed by atoms with Crippen LogP contribution in [-0.4, -0.2) is 0 Å². The molecule has 0 aliphatic heterocycles. The van der Waals surface area contributed by atoms with Crippen LogP contribution in [-0.2, 0) is 0 Å². The Hall–Kier alpha value is -7.22. The first-order chi connectivity index (χ1) is 27.2. The molecule has 1 nitrogen and oxygen atoms in total. The van der Waals surface area contributed by atoms with Crippen molar-refractivity contribution in [2.75, 3.05) is 4.90 Å². The zero-order chi connectivity index (χ0) is 36.6. The molecule has 0 amide bonds. The Balaban J connectivity index is 1.03. The van der Waals surface area contributed by atoms with Gasteiger partial charge in [-0.3, -0.25) is 0 Å². The third-order valence-corrected chi connectivity index (χ3v) is 10.9. The Morgan fingerprint density at radius 1 is 0.218 bits per heavy atom. The van der Waals surface area contributed by atoms with Gasteiger partial charge in [0.1, 0.15) is 0 Å². The van der Waals surface area contributed by atoms with E-state index in [0.29, 0.717) is 0 Å². The van der Waals surface area contributed by atoms with E-state index in [1.54, 1.807) is 0 Å². The zero-order valence-electron chi connectivity index (χ0n) is 30.3. The predicted octanol–water partition coefficient (Wildman–Crippen LogP) is 15.3. The number of anilines is 3. The molecule has 0 heterocycles. The summed E-state index contributed by atoms with van der Waals surface area (Å²) in [6.45, 7) is 0. The van der Waals surface area contributed by atoms with E-state index in [1.165, 1.54) is 76.8 Å². The van der Waals surface area contributed by atoms with Crippen molar-refractivity contribution < 1.29 is 0 Å². The number of hydrogen-bond donors (Lipinski definition) is 0. The molecular weight excluding hydrogens is 663 g/mol. The van der Waals surface area contributed by atoms with Crippen molar-refractivity contribution >= 4 is 49.4 Å². The summed E-state index contributed by atoms with van der Waals surface area (Å²) < 4.78 is 0. The van der Waals surface area contributed by atoms with E-state index in [0.717, 1.165) is 17.1 Å². The van der Waals surface area contributed by atoms with E-state index in [9.17, 15) is 0 Å². The fraction of sp³-hybridized carbons (Fsp3) is 0. The van der Waals surface area contributed by atoms with Crippen LogP contribution in [0.3, 0.4) is 0 Å². The first-order valence-corrected chi connectivity index (χ1v) is 18.9. The zero-order valence-corrected chi connectivity index (χ0v) is 30.3. The third-order valence-electron chi connectivity index (χ3n) is 10.9. The van der Waals surface area contributed by atoms with E-state index in [-0.39, 0.29) is 0 Å². The molecule has 0 unspecified atom stereocenters.